The first-order chi connectivity index (χ1) is 8.58. The van der Waals surface area contributed by atoms with Crippen LogP contribution in [0.5, 0.6) is 0 Å². The highest BCUT2D eigenvalue weighted by molar-refractivity contribution is 5.65. The van der Waals surface area contributed by atoms with Gasteiger partial charge in [-0.2, -0.15) is 0 Å². The monoisotopic (exact) mass is 252 g/mol. The molecule has 96 valence electrons. The number of nitro groups is 1. The lowest BCUT2D eigenvalue weighted by Gasteiger charge is -2.14. The Bertz CT molecular complexity index is 479. The van der Waals surface area contributed by atoms with E-state index in [0.717, 1.165) is 0 Å². The van der Waals surface area contributed by atoms with E-state index >= 15 is 0 Å². The van der Waals surface area contributed by atoms with Crippen molar-refractivity contribution in [3.8, 4) is 0 Å². The fraction of sp³-hybridized carbons (Fsp3) is 0.400. The van der Waals surface area contributed by atoms with Gasteiger partial charge in [0.05, 0.1) is 4.92 Å². The van der Waals surface area contributed by atoms with Crippen molar-refractivity contribution in [2.24, 2.45) is 0 Å². The summed E-state index contributed by atoms with van der Waals surface area (Å²) in [7, 11) is 0. The van der Waals surface area contributed by atoms with Gasteiger partial charge >= 0.3 is 11.8 Å². The van der Waals surface area contributed by atoms with E-state index < -0.39 is 11.0 Å². The van der Waals surface area contributed by atoms with E-state index in [9.17, 15) is 14.9 Å². The Labute approximate surface area is 102 Å². The molecule has 0 radical (unpaired) electrons. The van der Waals surface area contributed by atoms with Crippen LogP contribution in [0.1, 0.15) is 6.42 Å². The molecule has 0 saturated carbocycles. The van der Waals surface area contributed by atoms with E-state index in [1.54, 1.807) is 0 Å². The predicted octanol–water partition coefficient (Wildman–Crippen LogP) is 1.15. The minimum absolute atomic E-state index is 0.105. The maximum Gasteiger partial charge on any atom is 0.407 e. The highest BCUT2D eigenvalue weighted by atomic mass is 16.6. The lowest BCUT2D eigenvalue weighted by atomic mass is 10.2. The van der Waals surface area contributed by atoms with Crippen LogP contribution in [0.25, 0.3) is 0 Å². The molecule has 1 amide bonds. The first-order valence-corrected chi connectivity index (χ1v) is 5.41. The standard InChI is InChI=1S/C10H12N4O4/c15-10(16)13-5-3-7(6-13)12-9-8(14(17)18)2-1-4-11-9/h1-2,4,7H,3,5-6H2,(H,11,12)(H,15,16)/t7-/m0/s1. The van der Waals surface area contributed by atoms with Crippen LogP contribution in [-0.2, 0) is 0 Å². The molecule has 2 heterocycles. The second-order valence-electron chi connectivity index (χ2n) is 3.99. The molecule has 2 rings (SSSR count). The average Bonchev–Trinajstić information content (AvgIpc) is 2.78. The number of hydrogen-bond donors (Lipinski definition) is 2. The first kappa shape index (κ1) is 12.1. The van der Waals surface area contributed by atoms with Crippen molar-refractivity contribution in [2.75, 3.05) is 18.4 Å². The van der Waals surface area contributed by atoms with Crippen LogP contribution in [0, 0.1) is 10.1 Å². The summed E-state index contributed by atoms with van der Waals surface area (Å²) in [5, 5.41) is 22.5. The number of aromatic nitrogens is 1. The number of pyridine rings is 1. The Balaban J connectivity index is 2.07. The van der Waals surface area contributed by atoms with E-state index in [-0.39, 0.29) is 17.5 Å². The van der Waals surface area contributed by atoms with Crippen molar-refractivity contribution in [3.05, 3.63) is 28.4 Å². The van der Waals surface area contributed by atoms with E-state index in [4.69, 9.17) is 5.11 Å². The molecule has 1 aliphatic heterocycles. The topological polar surface area (TPSA) is 109 Å². The van der Waals surface area contributed by atoms with Gasteiger partial charge in [-0.05, 0) is 12.5 Å². The molecule has 1 saturated heterocycles. The average molecular weight is 252 g/mol. The number of nitrogens with zero attached hydrogens (tertiary/aromatic N) is 3. The molecule has 1 aromatic rings. The Hall–Kier alpha value is -2.38. The molecular formula is C10H12N4O4. The fourth-order valence-electron chi connectivity index (χ4n) is 1.90. The summed E-state index contributed by atoms with van der Waals surface area (Å²) >= 11 is 0. The van der Waals surface area contributed by atoms with Crippen molar-refractivity contribution in [3.63, 3.8) is 0 Å². The molecule has 0 unspecified atom stereocenters. The van der Waals surface area contributed by atoms with Crippen molar-refractivity contribution in [2.45, 2.75) is 12.5 Å². The van der Waals surface area contributed by atoms with Crippen LogP contribution in [-0.4, -0.2) is 45.1 Å². The van der Waals surface area contributed by atoms with Crippen LogP contribution in [0.2, 0.25) is 0 Å². The van der Waals surface area contributed by atoms with Crippen LogP contribution in [0.15, 0.2) is 18.3 Å². The maximum absolute atomic E-state index is 10.8. The van der Waals surface area contributed by atoms with Gasteiger partial charge in [0.1, 0.15) is 0 Å². The van der Waals surface area contributed by atoms with Crippen molar-refractivity contribution >= 4 is 17.6 Å². The van der Waals surface area contributed by atoms with Gasteiger partial charge in [-0.15, -0.1) is 0 Å². The number of nitrogens with one attached hydrogen (secondary N) is 1. The summed E-state index contributed by atoms with van der Waals surface area (Å²) in [6.45, 7) is 0.733. The molecule has 1 fully saturated rings. The summed E-state index contributed by atoms with van der Waals surface area (Å²) in [6, 6.07) is 2.70. The zero-order valence-corrected chi connectivity index (χ0v) is 9.44. The molecule has 8 nitrogen and oxygen atoms in total. The lowest BCUT2D eigenvalue weighted by molar-refractivity contribution is -0.384. The van der Waals surface area contributed by atoms with Gasteiger partial charge in [-0.1, -0.05) is 0 Å². The molecule has 0 bridgehead atoms. The summed E-state index contributed by atoms with van der Waals surface area (Å²) < 4.78 is 0. The van der Waals surface area contributed by atoms with Crippen LogP contribution < -0.4 is 5.32 Å². The quantitative estimate of drug-likeness (QED) is 0.617. The summed E-state index contributed by atoms with van der Waals surface area (Å²) in [6.07, 6.45) is 1.09. The second-order valence-corrected chi connectivity index (χ2v) is 3.99. The molecule has 1 atom stereocenters. The normalized spacial score (nSPS) is 18.7. The molecule has 2 N–H and O–H groups in total. The van der Waals surface area contributed by atoms with Gasteiger partial charge in [-0.3, -0.25) is 10.1 Å². The van der Waals surface area contributed by atoms with Gasteiger partial charge in [0.25, 0.3) is 0 Å². The van der Waals surface area contributed by atoms with Gasteiger partial charge in [-0.25, -0.2) is 9.78 Å². The Morgan fingerprint density at radius 3 is 3.06 bits per heavy atom. The smallest absolute Gasteiger partial charge is 0.407 e. The number of carboxylic acid groups (broad SMARTS) is 1. The zero-order valence-electron chi connectivity index (χ0n) is 9.44. The second kappa shape index (κ2) is 4.86. The molecule has 0 aliphatic carbocycles. The third-order valence-corrected chi connectivity index (χ3v) is 2.78. The Morgan fingerprint density at radius 1 is 1.67 bits per heavy atom. The molecular weight excluding hydrogens is 240 g/mol. The maximum atomic E-state index is 10.8. The molecule has 8 heteroatoms. The Morgan fingerprint density at radius 2 is 2.44 bits per heavy atom. The minimum Gasteiger partial charge on any atom is -0.465 e. The number of amides is 1. The van der Waals surface area contributed by atoms with Gasteiger partial charge in [0.2, 0.25) is 5.82 Å². The van der Waals surface area contributed by atoms with Crippen LogP contribution in [0.4, 0.5) is 16.3 Å². The molecule has 0 aromatic carbocycles. The number of anilines is 1. The molecule has 18 heavy (non-hydrogen) atoms. The highest BCUT2D eigenvalue weighted by Gasteiger charge is 2.27. The number of carbonyl (C=O) groups is 1. The largest absolute Gasteiger partial charge is 0.465 e. The van der Waals surface area contributed by atoms with E-state index in [2.05, 4.69) is 10.3 Å². The number of hydrogen-bond acceptors (Lipinski definition) is 5. The van der Waals surface area contributed by atoms with E-state index in [0.29, 0.717) is 19.5 Å². The van der Waals surface area contributed by atoms with Crippen LogP contribution >= 0.6 is 0 Å². The Kier molecular flexibility index (Phi) is 3.26. The van der Waals surface area contributed by atoms with E-state index in [1.165, 1.54) is 23.2 Å². The van der Waals surface area contributed by atoms with Crippen molar-refractivity contribution < 1.29 is 14.8 Å². The molecule has 0 spiro atoms. The summed E-state index contributed by atoms with van der Waals surface area (Å²) in [5.74, 6) is 0.180. The highest BCUT2D eigenvalue weighted by Crippen LogP contribution is 2.23. The zero-order chi connectivity index (χ0) is 13.1. The number of likely N-dealkylation sites (tertiary alicyclic amines) is 1. The molecule has 1 aromatic heterocycles. The number of rotatable bonds is 3. The lowest BCUT2D eigenvalue weighted by Crippen LogP contribution is -2.30. The van der Waals surface area contributed by atoms with E-state index in [1.807, 2.05) is 0 Å². The predicted molar refractivity (Wildman–Crippen MR) is 62.5 cm³/mol. The summed E-state index contributed by atoms with van der Waals surface area (Å²) in [4.78, 5) is 26.2. The third kappa shape index (κ3) is 2.47. The minimum atomic E-state index is -0.977. The van der Waals surface area contributed by atoms with Gasteiger partial charge in [0, 0.05) is 31.4 Å². The summed E-state index contributed by atoms with van der Waals surface area (Å²) in [5.41, 5.74) is -0.105. The first-order valence-electron chi connectivity index (χ1n) is 5.41. The van der Waals surface area contributed by atoms with Crippen molar-refractivity contribution in [1.29, 1.82) is 0 Å². The fourth-order valence-corrected chi connectivity index (χ4v) is 1.90. The third-order valence-electron chi connectivity index (χ3n) is 2.78. The SMILES string of the molecule is O=C(O)N1CC[C@H](Nc2ncccc2[N+](=O)[O-])C1. The van der Waals surface area contributed by atoms with Crippen molar-refractivity contribution in [1.82, 2.24) is 9.88 Å². The van der Waals surface area contributed by atoms with Crippen LogP contribution in [0.3, 0.4) is 0 Å². The molecule has 1 aliphatic rings. The van der Waals surface area contributed by atoms with Gasteiger partial charge in [0.15, 0.2) is 0 Å². The van der Waals surface area contributed by atoms with Gasteiger partial charge < -0.3 is 15.3 Å².